The standard InChI is InChI=1S/C22H26N4O3S2/c1-13(2)19(25-22(28)29-3)21(27)26-10-4-6-15(26)20-23-12-14(24-20)16-8-9-18(31-16)17-7-5-11-30-17/h5,7-9,11-13,15,19H,4,6,10H2,1-3H3,(H,23,24)(H,25,28). The van der Waals surface area contributed by atoms with Gasteiger partial charge in [0.1, 0.15) is 11.9 Å². The molecule has 0 aliphatic carbocycles. The highest BCUT2D eigenvalue weighted by Gasteiger charge is 2.37. The van der Waals surface area contributed by atoms with Gasteiger partial charge in [-0.25, -0.2) is 9.78 Å². The second kappa shape index (κ2) is 9.23. The Morgan fingerprint density at radius 1 is 1.26 bits per heavy atom. The summed E-state index contributed by atoms with van der Waals surface area (Å²) < 4.78 is 4.70. The summed E-state index contributed by atoms with van der Waals surface area (Å²) in [6.45, 7) is 4.47. The zero-order valence-electron chi connectivity index (χ0n) is 17.8. The first kappa shape index (κ1) is 21.6. The number of aromatic amines is 1. The largest absolute Gasteiger partial charge is 0.453 e. The molecule has 7 nitrogen and oxygen atoms in total. The molecule has 2 atom stereocenters. The van der Waals surface area contributed by atoms with Crippen molar-refractivity contribution in [2.24, 2.45) is 5.92 Å². The molecular formula is C22H26N4O3S2. The fourth-order valence-electron chi connectivity index (χ4n) is 3.86. The fourth-order valence-corrected chi connectivity index (χ4v) is 5.66. The number of thiophene rings is 2. The number of H-pyrrole nitrogens is 1. The van der Waals surface area contributed by atoms with Gasteiger partial charge in [0.15, 0.2) is 0 Å². The number of nitrogens with one attached hydrogen (secondary N) is 2. The molecule has 0 aromatic carbocycles. The summed E-state index contributed by atoms with van der Waals surface area (Å²) in [7, 11) is 1.30. The average Bonchev–Trinajstić information content (AvgIpc) is 3.56. The Balaban J connectivity index is 1.52. The maximum Gasteiger partial charge on any atom is 0.407 e. The Hall–Kier alpha value is -2.65. The van der Waals surface area contributed by atoms with Crippen LogP contribution in [-0.4, -0.2) is 46.6 Å². The molecule has 3 aromatic rings. The number of nitrogens with zero attached hydrogens (tertiary/aromatic N) is 2. The van der Waals surface area contributed by atoms with Crippen LogP contribution in [0.15, 0.2) is 35.8 Å². The minimum Gasteiger partial charge on any atom is -0.453 e. The maximum atomic E-state index is 13.3. The Morgan fingerprint density at radius 2 is 2.06 bits per heavy atom. The van der Waals surface area contributed by atoms with Crippen LogP contribution >= 0.6 is 22.7 Å². The number of likely N-dealkylation sites (tertiary alicyclic amines) is 1. The smallest absolute Gasteiger partial charge is 0.407 e. The molecule has 2 amide bonds. The lowest BCUT2D eigenvalue weighted by Gasteiger charge is -2.30. The van der Waals surface area contributed by atoms with Crippen molar-refractivity contribution in [1.29, 1.82) is 0 Å². The summed E-state index contributed by atoms with van der Waals surface area (Å²) in [4.78, 5) is 38.4. The van der Waals surface area contributed by atoms with E-state index in [4.69, 9.17) is 4.74 Å². The first-order valence-corrected chi connectivity index (χ1v) is 12.0. The van der Waals surface area contributed by atoms with Gasteiger partial charge in [-0.1, -0.05) is 19.9 Å². The van der Waals surface area contributed by atoms with E-state index in [9.17, 15) is 9.59 Å². The third kappa shape index (κ3) is 4.52. The van der Waals surface area contributed by atoms with Gasteiger partial charge in [0.05, 0.1) is 29.9 Å². The quantitative estimate of drug-likeness (QED) is 0.549. The third-order valence-electron chi connectivity index (χ3n) is 5.47. The number of aromatic nitrogens is 2. The molecule has 4 rings (SSSR count). The molecule has 1 aliphatic heterocycles. The zero-order chi connectivity index (χ0) is 22.0. The number of amides is 2. The van der Waals surface area contributed by atoms with Gasteiger partial charge in [-0.15, -0.1) is 22.7 Å². The van der Waals surface area contributed by atoms with Gasteiger partial charge >= 0.3 is 6.09 Å². The summed E-state index contributed by atoms with van der Waals surface area (Å²) in [5.74, 6) is 0.631. The normalized spacial score (nSPS) is 17.2. The van der Waals surface area contributed by atoms with Crippen LogP contribution < -0.4 is 5.32 Å². The molecule has 2 unspecified atom stereocenters. The minimum absolute atomic E-state index is 0.0539. The summed E-state index contributed by atoms with van der Waals surface area (Å²) in [6, 6.07) is 7.65. The molecule has 31 heavy (non-hydrogen) atoms. The van der Waals surface area contributed by atoms with Crippen molar-refractivity contribution < 1.29 is 14.3 Å². The molecule has 3 aromatic heterocycles. The average molecular weight is 459 g/mol. The highest BCUT2D eigenvalue weighted by Crippen LogP contribution is 2.37. The van der Waals surface area contributed by atoms with Gasteiger partial charge < -0.3 is 19.9 Å². The van der Waals surface area contributed by atoms with Crippen molar-refractivity contribution in [2.45, 2.75) is 38.8 Å². The molecule has 4 heterocycles. The maximum absolute atomic E-state index is 13.3. The van der Waals surface area contributed by atoms with Gasteiger partial charge in [0, 0.05) is 16.3 Å². The molecule has 0 spiro atoms. The van der Waals surface area contributed by atoms with Crippen LogP contribution in [0, 0.1) is 5.92 Å². The summed E-state index contributed by atoms with van der Waals surface area (Å²) in [5, 5.41) is 4.76. The van der Waals surface area contributed by atoms with Crippen molar-refractivity contribution in [3.63, 3.8) is 0 Å². The van der Waals surface area contributed by atoms with E-state index in [-0.39, 0.29) is 17.9 Å². The van der Waals surface area contributed by atoms with Crippen LogP contribution in [0.25, 0.3) is 20.3 Å². The summed E-state index contributed by atoms with van der Waals surface area (Å²) in [6.07, 6.45) is 2.98. The van der Waals surface area contributed by atoms with Gasteiger partial charge in [0.25, 0.3) is 0 Å². The minimum atomic E-state index is -0.631. The van der Waals surface area contributed by atoms with Crippen molar-refractivity contribution in [3.05, 3.63) is 41.7 Å². The number of alkyl carbamates (subject to hydrolysis) is 1. The third-order valence-corrected chi connectivity index (χ3v) is 7.66. The molecule has 1 fully saturated rings. The highest BCUT2D eigenvalue weighted by molar-refractivity contribution is 7.23. The second-order valence-electron chi connectivity index (χ2n) is 7.87. The first-order chi connectivity index (χ1) is 15.0. The number of hydrogen-bond acceptors (Lipinski definition) is 6. The van der Waals surface area contributed by atoms with Crippen LogP contribution in [0.2, 0.25) is 0 Å². The molecule has 0 radical (unpaired) electrons. The van der Waals surface area contributed by atoms with E-state index >= 15 is 0 Å². The lowest BCUT2D eigenvalue weighted by Crippen LogP contribution is -2.51. The van der Waals surface area contributed by atoms with E-state index in [1.165, 1.54) is 16.9 Å². The Morgan fingerprint density at radius 3 is 2.77 bits per heavy atom. The number of hydrogen-bond donors (Lipinski definition) is 2. The molecule has 0 bridgehead atoms. The van der Waals surface area contributed by atoms with E-state index in [0.29, 0.717) is 6.54 Å². The molecule has 0 saturated carbocycles. The molecular weight excluding hydrogens is 432 g/mol. The Kier molecular flexibility index (Phi) is 6.43. The molecule has 164 valence electrons. The lowest BCUT2D eigenvalue weighted by molar-refractivity contribution is -0.135. The fraction of sp³-hybridized carbons (Fsp3) is 0.409. The lowest BCUT2D eigenvalue weighted by atomic mass is 10.0. The zero-order valence-corrected chi connectivity index (χ0v) is 19.4. The van der Waals surface area contributed by atoms with Gasteiger partial charge in [-0.2, -0.15) is 0 Å². The Labute approximate surface area is 189 Å². The molecule has 1 saturated heterocycles. The number of carbonyl (C=O) groups is 2. The van der Waals surface area contributed by atoms with Gasteiger partial charge in [-0.3, -0.25) is 4.79 Å². The monoisotopic (exact) mass is 458 g/mol. The van der Waals surface area contributed by atoms with Crippen molar-refractivity contribution in [1.82, 2.24) is 20.2 Å². The Bertz CT molecular complexity index is 1040. The van der Waals surface area contributed by atoms with Crippen molar-refractivity contribution in [2.75, 3.05) is 13.7 Å². The summed E-state index contributed by atoms with van der Waals surface area (Å²) in [5.41, 5.74) is 0.954. The van der Waals surface area contributed by atoms with E-state index < -0.39 is 12.1 Å². The topological polar surface area (TPSA) is 87.3 Å². The molecule has 9 heteroatoms. The highest BCUT2D eigenvalue weighted by atomic mass is 32.1. The van der Waals surface area contributed by atoms with E-state index in [0.717, 1.165) is 29.2 Å². The van der Waals surface area contributed by atoms with Crippen LogP contribution in [0.5, 0.6) is 0 Å². The van der Waals surface area contributed by atoms with E-state index in [1.807, 2.05) is 24.9 Å². The van der Waals surface area contributed by atoms with Crippen molar-refractivity contribution in [3.8, 4) is 20.3 Å². The molecule has 1 aliphatic rings. The van der Waals surface area contributed by atoms with Crippen molar-refractivity contribution >= 4 is 34.7 Å². The van der Waals surface area contributed by atoms with Crippen LogP contribution in [0.1, 0.15) is 38.6 Å². The number of methoxy groups -OCH3 is 1. The van der Waals surface area contributed by atoms with Crippen LogP contribution in [0.4, 0.5) is 4.79 Å². The first-order valence-electron chi connectivity index (χ1n) is 10.3. The SMILES string of the molecule is COC(=O)NC(C(=O)N1CCCC1c1ncc(-c2ccc(-c3cccs3)s2)[nH]1)C(C)C. The predicted octanol–water partition coefficient (Wildman–Crippen LogP) is 4.91. The van der Waals surface area contributed by atoms with E-state index in [2.05, 4.69) is 44.9 Å². The predicted molar refractivity (Wildman–Crippen MR) is 123 cm³/mol. The number of rotatable bonds is 6. The second-order valence-corrected chi connectivity index (χ2v) is 9.90. The number of imidazole rings is 1. The number of carbonyl (C=O) groups excluding carboxylic acids is 2. The van der Waals surface area contributed by atoms with Gasteiger partial charge in [0.2, 0.25) is 5.91 Å². The summed E-state index contributed by atoms with van der Waals surface area (Å²) >= 11 is 3.45. The van der Waals surface area contributed by atoms with E-state index in [1.54, 1.807) is 22.7 Å². The van der Waals surface area contributed by atoms with Crippen LogP contribution in [-0.2, 0) is 9.53 Å². The van der Waals surface area contributed by atoms with Crippen LogP contribution in [0.3, 0.4) is 0 Å². The van der Waals surface area contributed by atoms with Gasteiger partial charge in [-0.05, 0) is 42.3 Å². The number of ether oxygens (including phenoxy) is 1. The molecule has 2 N–H and O–H groups in total.